The molecule has 1 aliphatic heterocycles. The van der Waals surface area contributed by atoms with Crippen LogP contribution in [-0.2, 0) is 26.2 Å². The van der Waals surface area contributed by atoms with Crippen LogP contribution >= 0.6 is 23.2 Å². The average molecular weight is 464 g/mol. The molecule has 0 radical (unpaired) electrons. The summed E-state index contributed by atoms with van der Waals surface area (Å²) in [6, 6.07) is 0.910. The van der Waals surface area contributed by atoms with E-state index in [-0.39, 0.29) is 27.8 Å². The van der Waals surface area contributed by atoms with Crippen LogP contribution in [0.5, 0.6) is 0 Å². The number of rotatable bonds is 6. The summed E-state index contributed by atoms with van der Waals surface area (Å²) >= 11 is 11.6. The van der Waals surface area contributed by atoms with Gasteiger partial charge in [0.1, 0.15) is 6.04 Å². The van der Waals surface area contributed by atoms with Gasteiger partial charge < -0.3 is 31.1 Å². The van der Waals surface area contributed by atoms with Crippen molar-refractivity contribution in [3.8, 4) is 0 Å². The Morgan fingerprint density at radius 1 is 1.10 bits per heavy atom. The van der Waals surface area contributed by atoms with E-state index < -0.39 is 47.2 Å². The Morgan fingerprint density at radius 3 is 1.93 bits per heavy atom. The number of benzene rings is 1. The molecule has 3 amide bonds. The Kier molecular flexibility index (Phi) is 7.67. The second kappa shape index (κ2) is 9.46. The molecule has 3 rings (SSSR count). The van der Waals surface area contributed by atoms with Gasteiger partial charge >= 0.3 is 0 Å². The van der Waals surface area contributed by atoms with E-state index >= 15 is 0 Å². The number of nitrogens with zero attached hydrogens (tertiary/aromatic N) is 1. The molecule has 0 bridgehead atoms. The lowest BCUT2D eigenvalue weighted by Gasteiger charge is -2.35. The number of hydrogen-bond acceptors (Lipinski definition) is 7. The first-order valence-corrected chi connectivity index (χ1v) is 9.88. The highest BCUT2D eigenvalue weighted by Crippen LogP contribution is 2.47. The third kappa shape index (κ3) is 5.02. The van der Waals surface area contributed by atoms with Gasteiger partial charge in [-0.1, -0.05) is 42.5 Å². The van der Waals surface area contributed by atoms with Crippen molar-refractivity contribution in [1.82, 2.24) is 15.5 Å². The molecule has 0 spiro atoms. The Bertz CT molecular complexity index is 786. The zero-order valence-corrected chi connectivity index (χ0v) is 17.6. The molecule has 1 fully saturated rings. The van der Waals surface area contributed by atoms with Crippen LogP contribution in [0, 0.1) is 0 Å². The van der Waals surface area contributed by atoms with Crippen molar-refractivity contribution in [2.75, 3.05) is 7.05 Å². The molecule has 1 unspecified atom stereocenters. The minimum atomic E-state index is -3.09. The SMILES string of the molecule is C1CC1.CNC(=O)C(CCC(=O)N1C(O)(O)c2cc(Cl)c(Cl)cc2C1(O)O)NC=O. The summed E-state index contributed by atoms with van der Waals surface area (Å²) < 4.78 is 0. The predicted molar refractivity (Wildman–Crippen MR) is 106 cm³/mol. The van der Waals surface area contributed by atoms with Gasteiger partial charge in [-0.25, -0.2) is 4.90 Å². The van der Waals surface area contributed by atoms with Crippen molar-refractivity contribution < 1.29 is 34.8 Å². The topological polar surface area (TPSA) is 159 Å². The molecule has 0 saturated heterocycles. The molecule has 1 aromatic carbocycles. The molecule has 1 atom stereocenters. The molecule has 2 aliphatic rings. The number of amides is 3. The van der Waals surface area contributed by atoms with Crippen LogP contribution in [0.2, 0.25) is 10.0 Å². The van der Waals surface area contributed by atoms with Crippen LogP contribution in [0.3, 0.4) is 0 Å². The van der Waals surface area contributed by atoms with E-state index in [1.54, 1.807) is 0 Å². The van der Waals surface area contributed by atoms with Gasteiger partial charge in [0, 0.05) is 24.6 Å². The maximum absolute atomic E-state index is 12.5. The van der Waals surface area contributed by atoms with Gasteiger partial charge in [0.2, 0.25) is 18.2 Å². The van der Waals surface area contributed by atoms with E-state index in [4.69, 9.17) is 23.2 Å². The van der Waals surface area contributed by atoms with Crippen LogP contribution in [0.25, 0.3) is 0 Å². The summed E-state index contributed by atoms with van der Waals surface area (Å²) in [6.45, 7) is 0. The molecule has 0 aromatic heterocycles. The van der Waals surface area contributed by atoms with Crippen molar-refractivity contribution in [2.45, 2.75) is 50.0 Å². The first kappa shape index (κ1) is 24.3. The summed E-state index contributed by atoms with van der Waals surface area (Å²) in [4.78, 5) is 34.8. The lowest BCUT2D eigenvalue weighted by Crippen LogP contribution is -2.55. The number of hydrogen-bond donors (Lipinski definition) is 6. The fourth-order valence-corrected chi connectivity index (χ4v) is 3.16. The third-order valence-corrected chi connectivity index (χ3v) is 5.21. The smallest absolute Gasteiger partial charge is 0.282 e. The van der Waals surface area contributed by atoms with E-state index in [1.807, 2.05) is 0 Å². The van der Waals surface area contributed by atoms with Crippen LogP contribution in [-0.4, -0.2) is 56.6 Å². The van der Waals surface area contributed by atoms with Crippen LogP contribution in [0.4, 0.5) is 0 Å². The molecular formula is C18H23Cl2N3O7. The van der Waals surface area contributed by atoms with Gasteiger partial charge in [-0.05, 0) is 18.6 Å². The van der Waals surface area contributed by atoms with Crippen molar-refractivity contribution in [3.05, 3.63) is 33.3 Å². The zero-order valence-electron chi connectivity index (χ0n) is 16.1. The molecule has 12 heteroatoms. The van der Waals surface area contributed by atoms with Gasteiger partial charge in [-0.15, -0.1) is 0 Å². The van der Waals surface area contributed by atoms with E-state index in [0.717, 1.165) is 12.1 Å². The highest BCUT2D eigenvalue weighted by Gasteiger charge is 2.59. The van der Waals surface area contributed by atoms with Crippen molar-refractivity contribution in [3.63, 3.8) is 0 Å². The predicted octanol–water partition coefficient (Wildman–Crippen LogP) is -0.164. The highest BCUT2D eigenvalue weighted by molar-refractivity contribution is 6.42. The number of fused-ring (bicyclic) bond motifs is 1. The summed E-state index contributed by atoms with van der Waals surface area (Å²) in [6.07, 6.45) is 4.00. The lowest BCUT2D eigenvalue weighted by molar-refractivity contribution is -0.363. The molecule has 10 nitrogen and oxygen atoms in total. The van der Waals surface area contributed by atoms with Crippen LogP contribution < -0.4 is 10.6 Å². The maximum atomic E-state index is 12.5. The highest BCUT2D eigenvalue weighted by atomic mass is 35.5. The fourth-order valence-electron chi connectivity index (χ4n) is 2.83. The Balaban J connectivity index is 0.000000976. The molecule has 6 N–H and O–H groups in total. The second-order valence-corrected chi connectivity index (χ2v) is 7.68. The first-order chi connectivity index (χ1) is 14.0. The Labute approximate surface area is 182 Å². The van der Waals surface area contributed by atoms with Crippen molar-refractivity contribution in [2.24, 2.45) is 0 Å². The minimum absolute atomic E-state index is 0.0269. The minimum Gasteiger partial charge on any atom is -0.357 e. The zero-order chi connectivity index (χ0) is 22.7. The fraction of sp³-hybridized carbons (Fsp3) is 0.500. The number of likely N-dealkylation sites (N-methyl/N-ethyl adjacent to an activating group) is 1. The van der Waals surface area contributed by atoms with Gasteiger partial charge in [0.25, 0.3) is 11.8 Å². The largest absolute Gasteiger partial charge is 0.357 e. The maximum Gasteiger partial charge on any atom is 0.282 e. The number of carbonyl (C=O) groups excluding carboxylic acids is 3. The van der Waals surface area contributed by atoms with Gasteiger partial charge in [-0.2, -0.15) is 0 Å². The standard InChI is InChI=1S/C15H17Cl2N3O7.C3H6/c1-18-13(23)11(19-6-21)2-3-12(22)20-14(24,25)7-4-9(16)10(17)5-8(7)15(20,26)27;1-2-3-1/h4-6,11,24-27H,2-3H2,1H3,(H,18,23)(H,19,21);1-3H2. The normalized spacial score (nSPS) is 18.4. The molecule has 1 saturated carbocycles. The molecule has 1 heterocycles. The Hall–Kier alpha value is -1.95. The van der Waals surface area contributed by atoms with Crippen molar-refractivity contribution >= 4 is 41.4 Å². The van der Waals surface area contributed by atoms with E-state index in [9.17, 15) is 34.8 Å². The van der Waals surface area contributed by atoms with Crippen LogP contribution in [0.15, 0.2) is 12.1 Å². The van der Waals surface area contributed by atoms with E-state index in [2.05, 4.69) is 10.6 Å². The summed E-state index contributed by atoms with van der Waals surface area (Å²) in [5.41, 5.74) is -0.881. The number of halogens is 2. The van der Waals surface area contributed by atoms with Crippen molar-refractivity contribution in [1.29, 1.82) is 0 Å². The third-order valence-electron chi connectivity index (χ3n) is 4.49. The number of nitrogens with one attached hydrogen (secondary N) is 2. The second-order valence-electron chi connectivity index (χ2n) is 6.86. The van der Waals surface area contributed by atoms with E-state index in [1.165, 1.54) is 26.3 Å². The lowest BCUT2D eigenvalue weighted by atomic mass is 10.1. The molecule has 1 aliphatic carbocycles. The molecular weight excluding hydrogens is 441 g/mol. The van der Waals surface area contributed by atoms with E-state index in [0.29, 0.717) is 0 Å². The average Bonchev–Trinajstić information content (AvgIpc) is 3.53. The first-order valence-electron chi connectivity index (χ1n) is 9.12. The summed E-state index contributed by atoms with van der Waals surface area (Å²) in [5, 5.41) is 45.7. The van der Waals surface area contributed by atoms with Gasteiger partial charge in [-0.3, -0.25) is 14.4 Å². The number of aliphatic hydroxyl groups is 4. The molecule has 30 heavy (non-hydrogen) atoms. The van der Waals surface area contributed by atoms with Crippen LogP contribution in [0.1, 0.15) is 43.2 Å². The quantitative estimate of drug-likeness (QED) is 0.252. The van der Waals surface area contributed by atoms with Gasteiger partial charge in [0.05, 0.1) is 10.0 Å². The number of carbonyl (C=O) groups is 3. The van der Waals surface area contributed by atoms with Gasteiger partial charge in [0.15, 0.2) is 0 Å². The monoisotopic (exact) mass is 463 g/mol. The summed E-state index contributed by atoms with van der Waals surface area (Å²) in [5.74, 6) is -7.89. The Morgan fingerprint density at radius 2 is 1.57 bits per heavy atom. The summed E-state index contributed by atoms with van der Waals surface area (Å²) in [7, 11) is 1.33. The molecule has 1 aromatic rings. The molecule has 166 valence electrons.